The molecule has 5 rings (SSSR count). The summed E-state index contributed by atoms with van der Waals surface area (Å²) in [5, 5.41) is 15.4. The van der Waals surface area contributed by atoms with Crippen LogP contribution in [0.3, 0.4) is 0 Å². The first-order valence-electron chi connectivity index (χ1n) is 15.7. The molecule has 12 heteroatoms. The van der Waals surface area contributed by atoms with Crippen molar-refractivity contribution >= 4 is 23.1 Å². The number of likely N-dealkylation sites (N-methyl/N-ethyl adjacent to an activating group) is 1. The number of rotatable bonds is 9. The minimum absolute atomic E-state index is 0.123. The number of nitrogens with one attached hydrogen (secondary N) is 2. The summed E-state index contributed by atoms with van der Waals surface area (Å²) in [4.78, 5) is 26.7. The molecule has 0 radical (unpaired) electrons. The summed E-state index contributed by atoms with van der Waals surface area (Å²) in [5.74, 6) is 0.828. The zero-order chi connectivity index (χ0) is 31.1. The van der Waals surface area contributed by atoms with E-state index in [1.165, 1.54) is 12.1 Å². The number of alkyl halides is 3. The predicted molar refractivity (Wildman–Crippen MR) is 166 cm³/mol. The Balaban J connectivity index is 1.04. The van der Waals surface area contributed by atoms with Gasteiger partial charge in [0.25, 0.3) is 0 Å². The van der Waals surface area contributed by atoms with Crippen molar-refractivity contribution in [1.29, 1.82) is 5.26 Å². The Bertz CT molecular complexity index is 1280. The smallest absolute Gasteiger partial charge is 0.371 e. The Kier molecular flexibility index (Phi) is 10.6. The van der Waals surface area contributed by atoms with Crippen molar-refractivity contribution in [2.24, 2.45) is 11.8 Å². The van der Waals surface area contributed by atoms with Gasteiger partial charge in [0.05, 0.1) is 29.1 Å². The predicted octanol–water partition coefficient (Wildman–Crippen LogP) is 3.88. The number of nitrogens with zero attached hydrogens (tertiary/aromatic N) is 6. The third-order valence-corrected chi connectivity index (χ3v) is 9.22. The monoisotopic (exact) mass is 612 g/mol. The van der Waals surface area contributed by atoms with Gasteiger partial charge in [0.1, 0.15) is 5.82 Å². The van der Waals surface area contributed by atoms with E-state index < -0.39 is 17.3 Å². The van der Waals surface area contributed by atoms with Crippen molar-refractivity contribution in [3.63, 3.8) is 0 Å². The zero-order valence-electron chi connectivity index (χ0n) is 25.5. The lowest BCUT2D eigenvalue weighted by molar-refractivity contribution is -0.137. The molecular formula is C32H43F3N8O. The summed E-state index contributed by atoms with van der Waals surface area (Å²) in [6, 6.07) is 9.24. The first kappa shape index (κ1) is 32.0. The molecule has 2 aromatic rings. The molecule has 0 saturated carbocycles. The highest BCUT2D eigenvalue weighted by molar-refractivity contribution is 5.92. The van der Waals surface area contributed by atoms with Gasteiger partial charge >= 0.3 is 6.18 Å². The van der Waals surface area contributed by atoms with E-state index in [4.69, 9.17) is 5.26 Å². The average Bonchev–Trinajstić information content (AvgIpc) is 3.04. The maximum atomic E-state index is 13.4. The second-order valence-corrected chi connectivity index (χ2v) is 12.3. The highest BCUT2D eigenvalue weighted by Crippen LogP contribution is 2.35. The maximum absolute atomic E-state index is 13.4. The molecule has 3 fully saturated rings. The molecule has 1 amide bonds. The third kappa shape index (κ3) is 8.40. The maximum Gasteiger partial charge on any atom is 0.417 e. The Morgan fingerprint density at radius 2 is 1.68 bits per heavy atom. The van der Waals surface area contributed by atoms with E-state index in [9.17, 15) is 18.0 Å². The van der Waals surface area contributed by atoms with Crippen LogP contribution in [0.25, 0.3) is 0 Å². The summed E-state index contributed by atoms with van der Waals surface area (Å²) in [6.07, 6.45) is 0.557. The zero-order valence-corrected chi connectivity index (χ0v) is 25.5. The minimum atomic E-state index is -4.60. The highest BCUT2D eigenvalue weighted by atomic mass is 19.4. The van der Waals surface area contributed by atoms with Gasteiger partial charge in [0, 0.05) is 83.6 Å². The Morgan fingerprint density at radius 1 is 1.02 bits per heavy atom. The van der Waals surface area contributed by atoms with Gasteiger partial charge in [-0.25, -0.2) is 4.98 Å². The number of benzene rings is 1. The lowest BCUT2D eigenvalue weighted by Gasteiger charge is -2.36. The Hall–Kier alpha value is -3.40. The normalized spacial score (nSPS) is 19.3. The number of pyridine rings is 1. The molecule has 1 aromatic heterocycles. The SMILES string of the molecule is CN(CCN1CCNCC1)CC1CCN(c2ccc(NC(=O)C3CCN(c4ccc(C#N)c(C(F)(F)F)c4)CC3)nc2)CC1. The summed E-state index contributed by atoms with van der Waals surface area (Å²) in [6.45, 7) is 10.7. The lowest BCUT2D eigenvalue weighted by Crippen LogP contribution is -2.46. The molecule has 44 heavy (non-hydrogen) atoms. The van der Waals surface area contributed by atoms with Crippen LogP contribution in [0.1, 0.15) is 36.8 Å². The molecule has 2 N–H and O–H groups in total. The average molecular weight is 613 g/mol. The summed E-state index contributed by atoms with van der Waals surface area (Å²) in [7, 11) is 2.23. The molecule has 0 bridgehead atoms. The van der Waals surface area contributed by atoms with Gasteiger partial charge in [-0.05, 0) is 69.0 Å². The minimum Gasteiger partial charge on any atom is -0.371 e. The Labute approximate surface area is 258 Å². The molecule has 238 valence electrons. The van der Waals surface area contributed by atoms with E-state index in [1.807, 2.05) is 23.2 Å². The fraction of sp³-hybridized carbons (Fsp3) is 0.594. The standard InChI is InChI=1S/C32H43F3N8O/c1-40(18-19-41-16-10-37-11-17-41)23-24-6-12-43(13-7-24)28-4-5-30(38-22-28)39-31(44)25-8-14-42(15-9-25)27-3-2-26(21-36)29(20-27)32(33,34)35/h2-5,20,22,24-25,37H,6-19,23H2,1H3,(H,38,39,44). The number of carbonyl (C=O) groups is 1. The lowest BCUT2D eigenvalue weighted by atomic mass is 9.95. The molecule has 3 aliphatic heterocycles. The van der Waals surface area contributed by atoms with Gasteiger partial charge < -0.3 is 25.3 Å². The number of hydrogen-bond donors (Lipinski definition) is 2. The fourth-order valence-electron chi connectivity index (χ4n) is 6.49. The quantitative estimate of drug-likeness (QED) is 0.441. The van der Waals surface area contributed by atoms with Crippen LogP contribution < -0.4 is 20.4 Å². The molecule has 3 saturated heterocycles. The summed E-state index contributed by atoms with van der Waals surface area (Å²) >= 11 is 0. The second kappa shape index (κ2) is 14.6. The number of aromatic nitrogens is 1. The number of anilines is 3. The van der Waals surface area contributed by atoms with E-state index in [2.05, 4.69) is 37.4 Å². The molecule has 0 spiro atoms. The van der Waals surface area contributed by atoms with E-state index in [-0.39, 0.29) is 11.8 Å². The molecule has 4 heterocycles. The summed E-state index contributed by atoms with van der Waals surface area (Å²) in [5.41, 5.74) is 0.149. The molecule has 9 nitrogen and oxygen atoms in total. The van der Waals surface area contributed by atoms with Crippen LogP contribution >= 0.6 is 0 Å². The first-order chi connectivity index (χ1) is 21.2. The molecule has 3 aliphatic rings. The van der Waals surface area contributed by atoms with Crippen molar-refractivity contribution in [1.82, 2.24) is 20.1 Å². The van der Waals surface area contributed by atoms with Crippen LogP contribution in [0, 0.1) is 23.2 Å². The number of piperidine rings is 2. The fourth-order valence-corrected chi connectivity index (χ4v) is 6.49. The second-order valence-electron chi connectivity index (χ2n) is 12.3. The summed E-state index contributed by atoms with van der Waals surface area (Å²) < 4.78 is 40.2. The number of hydrogen-bond acceptors (Lipinski definition) is 8. The molecule has 0 atom stereocenters. The van der Waals surface area contributed by atoms with Crippen molar-refractivity contribution in [3.8, 4) is 6.07 Å². The van der Waals surface area contributed by atoms with E-state index in [1.54, 1.807) is 6.07 Å². The van der Waals surface area contributed by atoms with Gasteiger partial charge in [0.15, 0.2) is 0 Å². The molecule has 0 aliphatic carbocycles. The molecular weight excluding hydrogens is 569 g/mol. The number of amides is 1. The van der Waals surface area contributed by atoms with Gasteiger partial charge in [-0.2, -0.15) is 18.4 Å². The van der Waals surface area contributed by atoms with Gasteiger partial charge in [-0.1, -0.05) is 0 Å². The number of piperazine rings is 1. The van der Waals surface area contributed by atoms with E-state index in [0.29, 0.717) is 43.4 Å². The van der Waals surface area contributed by atoms with Crippen LogP contribution in [0.5, 0.6) is 0 Å². The van der Waals surface area contributed by atoms with Crippen molar-refractivity contribution < 1.29 is 18.0 Å². The number of carbonyl (C=O) groups excluding carboxylic acids is 1. The van der Waals surface area contributed by atoms with Crippen LogP contribution in [-0.2, 0) is 11.0 Å². The van der Waals surface area contributed by atoms with Crippen LogP contribution in [-0.4, -0.2) is 99.7 Å². The topological polar surface area (TPSA) is 90.8 Å². The van der Waals surface area contributed by atoms with Crippen molar-refractivity contribution in [2.45, 2.75) is 31.9 Å². The Morgan fingerprint density at radius 3 is 2.32 bits per heavy atom. The van der Waals surface area contributed by atoms with Gasteiger partial charge in [-0.15, -0.1) is 0 Å². The van der Waals surface area contributed by atoms with E-state index in [0.717, 1.165) is 83.5 Å². The van der Waals surface area contributed by atoms with Crippen molar-refractivity contribution in [2.75, 3.05) is 94.2 Å². The van der Waals surface area contributed by atoms with Crippen molar-refractivity contribution in [3.05, 3.63) is 47.7 Å². The highest BCUT2D eigenvalue weighted by Gasteiger charge is 2.35. The van der Waals surface area contributed by atoms with Crippen LogP contribution in [0.2, 0.25) is 0 Å². The van der Waals surface area contributed by atoms with Crippen LogP contribution in [0.4, 0.5) is 30.4 Å². The van der Waals surface area contributed by atoms with Gasteiger partial charge in [0.2, 0.25) is 5.91 Å². The first-order valence-corrected chi connectivity index (χ1v) is 15.7. The third-order valence-electron chi connectivity index (χ3n) is 9.22. The molecule has 1 aromatic carbocycles. The molecule has 0 unspecified atom stereocenters. The number of halogens is 3. The largest absolute Gasteiger partial charge is 0.417 e. The van der Waals surface area contributed by atoms with Crippen LogP contribution in [0.15, 0.2) is 36.5 Å². The van der Waals surface area contributed by atoms with E-state index >= 15 is 0 Å². The number of nitriles is 1. The van der Waals surface area contributed by atoms with Gasteiger partial charge in [-0.3, -0.25) is 9.69 Å².